The predicted octanol–water partition coefficient (Wildman–Crippen LogP) is 8.63. The number of nitrogens with one attached hydrogen (secondary N) is 1. The van der Waals surface area contributed by atoms with Gasteiger partial charge in [0.25, 0.3) is 0 Å². The summed E-state index contributed by atoms with van der Waals surface area (Å²) in [7, 11) is 0. The average Bonchev–Trinajstić information content (AvgIpc) is 2.99. The third-order valence-electron chi connectivity index (χ3n) is 10.7. The van der Waals surface area contributed by atoms with Crippen molar-refractivity contribution in [3.8, 4) is 0 Å². The van der Waals surface area contributed by atoms with Crippen LogP contribution in [-0.2, 0) is 37.0 Å². The van der Waals surface area contributed by atoms with Crippen LogP contribution in [0, 0.1) is 21.7 Å². The number of carbonyl (C=O) groups is 4. The van der Waals surface area contributed by atoms with Gasteiger partial charge in [-0.1, -0.05) is 76.9 Å². The molecule has 0 atom stereocenters. The summed E-state index contributed by atoms with van der Waals surface area (Å²) in [6, 6.07) is 15.9. The van der Waals surface area contributed by atoms with E-state index in [4.69, 9.17) is 22.1 Å². The Morgan fingerprint density at radius 3 is 1.43 bits per heavy atom. The van der Waals surface area contributed by atoms with Gasteiger partial charge in [0.2, 0.25) is 11.1 Å². The molecule has 2 aromatic carbocycles. The van der Waals surface area contributed by atoms with Crippen molar-refractivity contribution in [2.24, 2.45) is 27.4 Å². The number of hydrogen-bond donors (Lipinski definition) is 2. The fraction of sp³-hybridized carbons (Fsp3) is 0.600. The number of halogens is 3. The summed E-state index contributed by atoms with van der Waals surface area (Å²) in [6.45, 7) is 20.2. The maximum Gasteiger partial charge on any atom is 0.227 e. The van der Waals surface area contributed by atoms with E-state index in [0.717, 1.165) is 52.5 Å². The molecular formula is C40H58Br2ClN3O5. The standard InChI is InChI=1S/C15H16BrNO2.C8H9ClO2.C7H8BrN.C6H15N.C4H10O/c1-10(18)14-7-15(8-14,9-14)13(19)17-6-11-3-2-4-12(16)5-11;1-5(10)7-2-8(3-7,4-7)6(9)11;8-7-3-1-2-6(4-7)5-9;1-4-7(5-2)6-3;1-3-5-4-2/h2-5H,6-9H2,1H3,(H,17,19);2-4H2,1H3;1-4H,5,9H2;4-6H2,1-3H3;3-4H2,1-2H3. The molecule has 51 heavy (non-hydrogen) atoms. The summed E-state index contributed by atoms with van der Waals surface area (Å²) < 4.78 is 6.94. The van der Waals surface area contributed by atoms with Crippen molar-refractivity contribution >= 4 is 66.2 Å². The van der Waals surface area contributed by atoms with E-state index < -0.39 is 0 Å². The van der Waals surface area contributed by atoms with Crippen LogP contribution in [0.1, 0.15) is 98.1 Å². The Hall–Kier alpha value is -1.95. The van der Waals surface area contributed by atoms with Crippen molar-refractivity contribution in [3.05, 3.63) is 68.6 Å². The second kappa shape index (κ2) is 20.5. The lowest BCUT2D eigenvalue weighted by molar-refractivity contribution is -0.205. The Morgan fingerprint density at radius 2 is 1.14 bits per heavy atom. The van der Waals surface area contributed by atoms with Crippen LogP contribution in [0.4, 0.5) is 0 Å². The second-order valence-corrected chi connectivity index (χ2v) is 16.3. The molecule has 6 aliphatic carbocycles. The summed E-state index contributed by atoms with van der Waals surface area (Å²) in [5.41, 5.74) is 6.83. The van der Waals surface area contributed by atoms with Gasteiger partial charge < -0.3 is 20.7 Å². The van der Waals surface area contributed by atoms with Gasteiger partial charge in [-0.2, -0.15) is 0 Å². The molecule has 1 amide bonds. The van der Waals surface area contributed by atoms with E-state index in [1.54, 1.807) is 13.8 Å². The van der Waals surface area contributed by atoms with Gasteiger partial charge in [0.05, 0.1) is 5.41 Å². The molecule has 8 nitrogen and oxygen atoms in total. The van der Waals surface area contributed by atoms with Crippen molar-refractivity contribution in [2.75, 3.05) is 32.8 Å². The lowest BCUT2D eigenvalue weighted by Crippen LogP contribution is -2.70. The Balaban J connectivity index is 0.000000242. The van der Waals surface area contributed by atoms with E-state index in [1.165, 1.54) is 19.6 Å². The molecule has 8 rings (SSSR count). The highest BCUT2D eigenvalue weighted by atomic mass is 79.9. The van der Waals surface area contributed by atoms with Crippen molar-refractivity contribution in [1.82, 2.24) is 10.2 Å². The zero-order valence-corrected chi connectivity index (χ0v) is 35.4. The van der Waals surface area contributed by atoms with Crippen LogP contribution in [0.5, 0.6) is 0 Å². The largest absolute Gasteiger partial charge is 0.382 e. The van der Waals surface area contributed by atoms with Gasteiger partial charge in [0.15, 0.2) is 0 Å². The molecule has 0 radical (unpaired) electrons. The van der Waals surface area contributed by atoms with Crippen LogP contribution < -0.4 is 11.1 Å². The molecule has 2 aromatic rings. The molecule has 3 N–H and O–H groups in total. The minimum atomic E-state index is -0.284. The van der Waals surface area contributed by atoms with Crippen molar-refractivity contribution in [2.45, 2.75) is 100 Å². The fourth-order valence-electron chi connectivity index (χ4n) is 7.33. The Kier molecular flexibility index (Phi) is 18.2. The number of ether oxygens (including phenoxy) is 1. The molecule has 0 heterocycles. The van der Waals surface area contributed by atoms with Gasteiger partial charge >= 0.3 is 0 Å². The van der Waals surface area contributed by atoms with Crippen LogP contribution in [0.15, 0.2) is 57.5 Å². The zero-order chi connectivity index (χ0) is 38.5. The minimum Gasteiger partial charge on any atom is -0.382 e. The maximum absolute atomic E-state index is 12.2. The van der Waals surface area contributed by atoms with E-state index in [0.29, 0.717) is 32.4 Å². The number of nitrogens with zero attached hydrogens (tertiary/aromatic N) is 1. The van der Waals surface area contributed by atoms with Gasteiger partial charge in [-0.3, -0.25) is 19.2 Å². The lowest BCUT2D eigenvalue weighted by Gasteiger charge is -2.68. The molecule has 0 saturated heterocycles. The molecule has 0 aliphatic heterocycles. The molecule has 6 saturated carbocycles. The fourth-order valence-corrected chi connectivity index (χ4v) is 8.42. The van der Waals surface area contributed by atoms with Crippen molar-refractivity contribution < 1.29 is 23.9 Å². The molecule has 0 spiro atoms. The smallest absolute Gasteiger partial charge is 0.227 e. The van der Waals surface area contributed by atoms with Crippen molar-refractivity contribution in [3.63, 3.8) is 0 Å². The van der Waals surface area contributed by atoms with E-state index in [-0.39, 0.29) is 44.4 Å². The van der Waals surface area contributed by atoms with E-state index in [1.807, 2.05) is 62.4 Å². The highest BCUT2D eigenvalue weighted by Crippen LogP contribution is 2.74. The summed E-state index contributed by atoms with van der Waals surface area (Å²) in [4.78, 5) is 47.8. The molecule has 284 valence electrons. The number of amides is 1. The van der Waals surface area contributed by atoms with E-state index in [2.05, 4.69) is 62.8 Å². The number of benzene rings is 2. The first-order chi connectivity index (χ1) is 24.1. The number of carbonyl (C=O) groups excluding carboxylic acids is 4. The molecule has 6 fully saturated rings. The van der Waals surface area contributed by atoms with Crippen LogP contribution in [0.3, 0.4) is 0 Å². The van der Waals surface area contributed by atoms with E-state index >= 15 is 0 Å². The molecule has 4 bridgehead atoms. The predicted molar refractivity (Wildman–Crippen MR) is 213 cm³/mol. The van der Waals surface area contributed by atoms with E-state index in [9.17, 15) is 19.2 Å². The number of ketones is 2. The second-order valence-electron chi connectivity index (χ2n) is 14.1. The number of rotatable bonds is 12. The third-order valence-corrected chi connectivity index (χ3v) is 12.1. The first kappa shape index (κ1) is 45.2. The SMILES string of the molecule is CC(=O)C12CC(C(=O)Cl)(C1)C2.CC(=O)C12CC(C(=O)NCc3cccc(Br)c3)(C1)C2.CCN(CC)CC.CCOCC.NCc1cccc(Br)c1. The van der Waals surface area contributed by atoms with Gasteiger partial charge in [0, 0.05) is 51.5 Å². The van der Waals surface area contributed by atoms with Crippen LogP contribution in [0.25, 0.3) is 0 Å². The highest BCUT2D eigenvalue weighted by Gasteiger charge is 2.74. The number of hydrogen-bond acceptors (Lipinski definition) is 7. The molecule has 11 heteroatoms. The number of Topliss-reactive ketones (excluding diaryl/α,β-unsaturated/α-hetero) is 2. The highest BCUT2D eigenvalue weighted by molar-refractivity contribution is 9.10. The topological polar surface area (TPSA) is 119 Å². The summed E-state index contributed by atoms with van der Waals surface area (Å²) >= 11 is 12.1. The van der Waals surface area contributed by atoms with Gasteiger partial charge in [-0.25, -0.2) is 0 Å². The van der Waals surface area contributed by atoms with Crippen LogP contribution >= 0.6 is 43.5 Å². The minimum absolute atomic E-state index is 0.107. The zero-order valence-electron chi connectivity index (χ0n) is 31.5. The molecule has 6 aliphatic rings. The summed E-state index contributed by atoms with van der Waals surface area (Å²) in [5, 5.41) is 2.74. The Labute approximate surface area is 327 Å². The first-order valence-electron chi connectivity index (χ1n) is 18.0. The molecule has 0 aromatic heterocycles. The van der Waals surface area contributed by atoms with Crippen molar-refractivity contribution in [1.29, 1.82) is 0 Å². The third kappa shape index (κ3) is 11.8. The van der Waals surface area contributed by atoms with Crippen LogP contribution in [-0.4, -0.2) is 60.5 Å². The monoisotopic (exact) mass is 853 g/mol. The van der Waals surface area contributed by atoms with Gasteiger partial charge in [0.1, 0.15) is 11.6 Å². The Morgan fingerprint density at radius 1 is 0.725 bits per heavy atom. The van der Waals surface area contributed by atoms with Gasteiger partial charge in [-0.15, -0.1) is 0 Å². The quantitative estimate of drug-likeness (QED) is 0.205. The molecular weight excluding hydrogens is 798 g/mol. The van der Waals surface area contributed by atoms with Crippen LogP contribution in [0.2, 0.25) is 0 Å². The average molecular weight is 856 g/mol. The molecule has 0 unspecified atom stereocenters. The Bertz CT molecular complexity index is 1410. The summed E-state index contributed by atoms with van der Waals surface area (Å²) in [5.74, 6) is 0.571. The number of nitrogens with two attached hydrogens (primary N) is 1. The normalized spacial score (nSPS) is 25.3. The maximum atomic E-state index is 12.2. The first-order valence-corrected chi connectivity index (χ1v) is 20.0. The van der Waals surface area contributed by atoms with Gasteiger partial charge in [-0.05, 0) is 133 Å². The summed E-state index contributed by atoms with van der Waals surface area (Å²) in [6.07, 6.45) is 4.37. The lowest BCUT2D eigenvalue weighted by atomic mass is 9.34.